The standard InChI is InChI=1S/C31H26O3/c32-30-26-12-6-7-13-28(26)34-31(33)29(30)27-19-24(18-23-10-4-5-11-25(23)27)22-16-14-21(15-17-22)20-8-2-1-3-9-20/h2,4-17,24,27,32H,1,3,18-19H2. The first-order valence-corrected chi connectivity index (χ1v) is 12.0. The summed E-state index contributed by atoms with van der Waals surface area (Å²) in [5.74, 6) is 0.0632. The highest BCUT2D eigenvalue weighted by Crippen LogP contribution is 2.45. The summed E-state index contributed by atoms with van der Waals surface area (Å²) in [6.07, 6.45) is 10.6. The molecule has 4 aromatic rings. The fraction of sp³-hybridized carbons (Fsp3) is 0.194. The summed E-state index contributed by atoms with van der Waals surface area (Å²) in [6.45, 7) is 0. The van der Waals surface area contributed by atoms with E-state index in [0.717, 1.165) is 31.2 Å². The minimum atomic E-state index is -0.456. The molecule has 0 radical (unpaired) electrons. The van der Waals surface area contributed by atoms with Crippen LogP contribution in [-0.4, -0.2) is 5.11 Å². The molecule has 1 N–H and O–H groups in total. The Balaban J connectivity index is 1.41. The zero-order valence-electron chi connectivity index (χ0n) is 18.9. The van der Waals surface area contributed by atoms with Gasteiger partial charge in [-0.1, -0.05) is 78.9 Å². The molecule has 34 heavy (non-hydrogen) atoms. The molecule has 3 nitrogen and oxygen atoms in total. The van der Waals surface area contributed by atoms with Crippen molar-refractivity contribution in [2.45, 2.75) is 37.5 Å². The van der Waals surface area contributed by atoms with Crippen molar-refractivity contribution in [3.8, 4) is 5.75 Å². The maximum Gasteiger partial charge on any atom is 0.343 e. The van der Waals surface area contributed by atoms with Crippen LogP contribution in [0.15, 0.2) is 100 Å². The van der Waals surface area contributed by atoms with Gasteiger partial charge < -0.3 is 9.52 Å². The molecule has 3 aromatic carbocycles. The van der Waals surface area contributed by atoms with Gasteiger partial charge in [-0.05, 0) is 71.6 Å². The quantitative estimate of drug-likeness (QED) is 0.342. The summed E-state index contributed by atoms with van der Waals surface area (Å²) >= 11 is 0. The van der Waals surface area contributed by atoms with E-state index in [1.54, 1.807) is 18.2 Å². The number of rotatable bonds is 3. The van der Waals surface area contributed by atoms with Gasteiger partial charge in [0.25, 0.3) is 0 Å². The largest absolute Gasteiger partial charge is 0.507 e. The Labute approximate surface area is 198 Å². The Hall–Kier alpha value is -3.85. The summed E-state index contributed by atoms with van der Waals surface area (Å²) in [7, 11) is 0. The third kappa shape index (κ3) is 3.58. The second kappa shape index (κ2) is 8.49. The van der Waals surface area contributed by atoms with Crippen LogP contribution in [-0.2, 0) is 6.42 Å². The normalized spacial score (nSPS) is 19.6. The SMILES string of the molecule is O=c1oc2ccccc2c(O)c1C1CC(c2ccc(C3=CCCC=C3)cc2)Cc2ccccc21. The Morgan fingerprint density at radius 3 is 2.50 bits per heavy atom. The zero-order valence-corrected chi connectivity index (χ0v) is 18.9. The van der Waals surface area contributed by atoms with Crippen LogP contribution in [0, 0.1) is 0 Å². The van der Waals surface area contributed by atoms with Gasteiger partial charge in [0.05, 0.1) is 10.9 Å². The molecule has 168 valence electrons. The van der Waals surface area contributed by atoms with Crippen LogP contribution in [0.5, 0.6) is 5.75 Å². The van der Waals surface area contributed by atoms with Crippen molar-refractivity contribution in [1.29, 1.82) is 0 Å². The number of aromatic hydroxyl groups is 1. The molecule has 0 spiro atoms. The lowest BCUT2D eigenvalue weighted by Gasteiger charge is -2.32. The van der Waals surface area contributed by atoms with Gasteiger partial charge >= 0.3 is 5.63 Å². The Kier molecular flexibility index (Phi) is 5.18. The van der Waals surface area contributed by atoms with Crippen LogP contribution < -0.4 is 5.63 Å². The molecule has 1 aromatic heterocycles. The number of allylic oxidation sites excluding steroid dienone is 4. The number of hydrogen-bond donors (Lipinski definition) is 1. The average molecular weight is 447 g/mol. The molecular formula is C31H26O3. The van der Waals surface area contributed by atoms with Crippen molar-refractivity contribution in [3.63, 3.8) is 0 Å². The van der Waals surface area contributed by atoms with E-state index in [2.05, 4.69) is 54.6 Å². The summed E-state index contributed by atoms with van der Waals surface area (Å²) in [6, 6.07) is 24.3. The van der Waals surface area contributed by atoms with E-state index in [-0.39, 0.29) is 17.6 Å². The zero-order chi connectivity index (χ0) is 23.1. The van der Waals surface area contributed by atoms with Crippen molar-refractivity contribution < 1.29 is 9.52 Å². The second-order valence-corrected chi connectivity index (χ2v) is 9.30. The highest BCUT2D eigenvalue weighted by molar-refractivity contribution is 5.84. The van der Waals surface area contributed by atoms with Gasteiger partial charge in [-0.25, -0.2) is 4.79 Å². The third-order valence-electron chi connectivity index (χ3n) is 7.30. The molecule has 0 aliphatic heterocycles. The van der Waals surface area contributed by atoms with E-state index in [1.807, 2.05) is 18.2 Å². The number of hydrogen-bond acceptors (Lipinski definition) is 3. The van der Waals surface area contributed by atoms with E-state index in [4.69, 9.17) is 4.42 Å². The van der Waals surface area contributed by atoms with Crippen LogP contribution in [0.4, 0.5) is 0 Å². The fourth-order valence-electron chi connectivity index (χ4n) is 5.58. The number of para-hydroxylation sites is 1. The lowest BCUT2D eigenvalue weighted by molar-refractivity contribution is 0.437. The van der Waals surface area contributed by atoms with Gasteiger partial charge in [0.2, 0.25) is 0 Å². The third-order valence-corrected chi connectivity index (χ3v) is 7.30. The molecule has 0 saturated heterocycles. The molecule has 3 heteroatoms. The summed E-state index contributed by atoms with van der Waals surface area (Å²) in [5.41, 5.74) is 6.42. The van der Waals surface area contributed by atoms with E-state index in [1.165, 1.54) is 22.3 Å². The first-order valence-electron chi connectivity index (χ1n) is 12.0. The van der Waals surface area contributed by atoms with Crippen LogP contribution in [0.25, 0.3) is 16.5 Å². The van der Waals surface area contributed by atoms with Gasteiger partial charge in [0, 0.05) is 5.92 Å². The van der Waals surface area contributed by atoms with Crippen molar-refractivity contribution >= 4 is 16.5 Å². The average Bonchev–Trinajstić information content (AvgIpc) is 2.89. The van der Waals surface area contributed by atoms with Gasteiger partial charge in [0.1, 0.15) is 11.3 Å². The highest BCUT2D eigenvalue weighted by atomic mass is 16.4. The molecule has 0 fully saturated rings. The van der Waals surface area contributed by atoms with Gasteiger partial charge in [0.15, 0.2) is 0 Å². The van der Waals surface area contributed by atoms with Gasteiger partial charge in [-0.15, -0.1) is 0 Å². The second-order valence-electron chi connectivity index (χ2n) is 9.30. The molecule has 1 heterocycles. The molecule has 6 rings (SSSR count). The summed E-state index contributed by atoms with van der Waals surface area (Å²) in [5, 5.41) is 11.8. The van der Waals surface area contributed by atoms with Crippen LogP contribution in [0.3, 0.4) is 0 Å². The Morgan fingerprint density at radius 1 is 0.882 bits per heavy atom. The minimum Gasteiger partial charge on any atom is -0.507 e. The molecular weight excluding hydrogens is 420 g/mol. The van der Waals surface area contributed by atoms with Crippen LogP contribution in [0.2, 0.25) is 0 Å². The monoisotopic (exact) mass is 446 g/mol. The minimum absolute atomic E-state index is 0.0404. The molecule has 0 amide bonds. The number of benzene rings is 3. The van der Waals surface area contributed by atoms with Gasteiger partial charge in [-0.3, -0.25) is 0 Å². The van der Waals surface area contributed by atoms with E-state index in [9.17, 15) is 9.90 Å². The Morgan fingerprint density at radius 2 is 1.68 bits per heavy atom. The van der Waals surface area contributed by atoms with Crippen molar-refractivity contribution in [3.05, 3.63) is 129 Å². The first-order chi connectivity index (χ1) is 16.7. The lowest BCUT2D eigenvalue weighted by atomic mass is 9.71. The molecule has 2 aliphatic carbocycles. The smallest absolute Gasteiger partial charge is 0.343 e. The fourth-order valence-corrected chi connectivity index (χ4v) is 5.58. The first kappa shape index (κ1) is 20.7. The van der Waals surface area contributed by atoms with E-state index >= 15 is 0 Å². The Bertz CT molecular complexity index is 1490. The predicted molar refractivity (Wildman–Crippen MR) is 136 cm³/mol. The number of fused-ring (bicyclic) bond motifs is 2. The molecule has 2 aliphatic rings. The summed E-state index contributed by atoms with van der Waals surface area (Å²) in [4.78, 5) is 13.1. The maximum atomic E-state index is 13.1. The maximum absolute atomic E-state index is 13.1. The van der Waals surface area contributed by atoms with Crippen molar-refractivity contribution in [2.75, 3.05) is 0 Å². The van der Waals surface area contributed by atoms with Crippen LogP contribution >= 0.6 is 0 Å². The summed E-state index contributed by atoms with van der Waals surface area (Å²) < 4.78 is 5.64. The van der Waals surface area contributed by atoms with Gasteiger partial charge in [-0.2, -0.15) is 0 Å². The highest BCUT2D eigenvalue weighted by Gasteiger charge is 2.33. The van der Waals surface area contributed by atoms with E-state index < -0.39 is 5.63 Å². The molecule has 0 saturated carbocycles. The lowest BCUT2D eigenvalue weighted by Crippen LogP contribution is -2.23. The molecule has 0 bridgehead atoms. The molecule has 2 unspecified atom stereocenters. The predicted octanol–water partition coefficient (Wildman–Crippen LogP) is 7.09. The van der Waals surface area contributed by atoms with Crippen molar-refractivity contribution in [2.24, 2.45) is 0 Å². The molecule has 2 atom stereocenters. The van der Waals surface area contributed by atoms with E-state index in [0.29, 0.717) is 16.5 Å². The topological polar surface area (TPSA) is 50.4 Å². The van der Waals surface area contributed by atoms with Crippen molar-refractivity contribution in [1.82, 2.24) is 0 Å². The van der Waals surface area contributed by atoms with Crippen LogP contribution in [0.1, 0.15) is 58.9 Å².